The lowest BCUT2D eigenvalue weighted by atomic mass is 10.1. The van der Waals surface area contributed by atoms with Gasteiger partial charge in [0, 0.05) is 9.89 Å². The zero-order chi connectivity index (χ0) is 11.1. The van der Waals surface area contributed by atoms with Gasteiger partial charge in [0.1, 0.15) is 0 Å². The van der Waals surface area contributed by atoms with Crippen molar-refractivity contribution < 1.29 is 8.42 Å². The quantitative estimate of drug-likeness (QED) is 0.801. The zero-order valence-corrected chi connectivity index (χ0v) is 10.7. The fraction of sp³-hybridized carbons (Fsp3) is 0.273. The fourth-order valence-corrected chi connectivity index (χ4v) is 3.37. The molecular formula is C11H11BrO2S. The van der Waals surface area contributed by atoms with Crippen LogP contribution in [0.2, 0.25) is 0 Å². The summed E-state index contributed by atoms with van der Waals surface area (Å²) in [4.78, 5) is 0.389. The molecule has 0 bridgehead atoms. The van der Waals surface area contributed by atoms with Crippen LogP contribution in [0.1, 0.15) is 6.92 Å². The van der Waals surface area contributed by atoms with E-state index in [0.717, 1.165) is 4.47 Å². The molecule has 15 heavy (non-hydrogen) atoms. The minimum absolute atomic E-state index is 0.168. The van der Waals surface area contributed by atoms with Gasteiger partial charge in [0.15, 0.2) is 9.84 Å². The molecule has 0 aliphatic heterocycles. The molecule has 2 rings (SSSR count). The van der Waals surface area contributed by atoms with Crippen molar-refractivity contribution in [1.29, 1.82) is 0 Å². The summed E-state index contributed by atoms with van der Waals surface area (Å²) in [6.45, 7) is 1.92. The second-order valence-corrected chi connectivity index (χ2v) is 6.96. The van der Waals surface area contributed by atoms with Gasteiger partial charge in [-0.25, -0.2) is 8.42 Å². The summed E-state index contributed by atoms with van der Waals surface area (Å²) in [6.07, 6.45) is 3.84. The molecular weight excluding hydrogens is 276 g/mol. The topological polar surface area (TPSA) is 34.1 Å². The second-order valence-electron chi connectivity index (χ2n) is 4.05. The van der Waals surface area contributed by atoms with Crippen molar-refractivity contribution in [1.82, 2.24) is 0 Å². The Kier molecular flexibility index (Phi) is 2.51. The standard InChI is InChI=1S/C11H11BrO2S/c1-11(6-7-11)8-15(13,14)10-4-2-9(12)3-5-10/h2-7H,8H2,1H3. The van der Waals surface area contributed by atoms with Gasteiger partial charge in [0.2, 0.25) is 0 Å². The van der Waals surface area contributed by atoms with Gasteiger partial charge < -0.3 is 0 Å². The summed E-state index contributed by atoms with van der Waals surface area (Å²) in [5.41, 5.74) is -0.216. The number of rotatable bonds is 3. The summed E-state index contributed by atoms with van der Waals surface area (Å²) in [5, 5.41) is 0. The highest BCUT2D eigenvalue weighted by Gasteiger charge is 2.34. The minimum atomic E-state index is -3.16. The first-order valence-electron chi connectivity index (χ1n) is 4.60. The average molecular weight is 287 g/mol. The van der Waals surface area contributed by atoms with E-state index in [-0.39, 0.29) is 11.2 Å². The van der Waals surface area contributed by atoms with Crippen molar-refractivity contribution in [3.8, 4) is 0 Å². The van der Waals surface area contributed by atoms with Crippen molar-refractivity contribution in [3.63, 3.8) is 0 Å². The van der Waals surface area contributed by atoms with Crippen LogP contribution in [-0.4, -0.2) is 14.2 Å². The van der Waals surface area contributed by atoms with Crippen LogP contribution < -0.4 is 0 Å². The van der Waals surface area contributed by atoms with Gasteiger partial charge in [0.05, 0.1) is 10.6 Å². The molecule has 0 saturated carbocycles. The van der Waals surface area contributed by atoms with Crippen LogP contribution in [0, 0.1) is 5.41 Å². The van der Waals surface area contributed by atoms with E-state index in [1.54, 1.807) is 24.3 Å². The molecule has 4 heteroatoms. The number of allylic oxidation sites excluding steroid dienone is 2. The third kappa shape index (κ3) is 2.49. The van der Waals surface area contributed by atoms with Gasteiger partial charge in [-0.1, -0.05) is 35.0 Å². The maximum atomic E-state index is 11.9. The minimum Gasteiger partial charge on any atom is -0.224 e. The Morgan fingerprint density at radius 1 is 1.20 bits per heavy atom. The molecule has 1 aliphatic rings. The molecule has 0 amide bonds. The molecule has 1 aromatic rings. The van der Waals surface area contributed by atoms with Crippen molar-refractivity contribution in [2.45, 2.75) is 11.8 Å². The molecule has 0 aromatic heterocycles. The first-order chi connectivity index (χ1) is 6.91. The molecule has 0 fully saturated rings. The van der Waals surface area contributed by atoms with Gasteiger partial charge in [0.25, 0.3) is 0 Å². The Morgan fingerprint density at radius 2 is 1.73 bits per heavy atom. The van der Waals surface area contributed by atoms with Crippen LogP contribution in [0.25, 0.3) is 0 Å². The maximum Gasteiger partial charge on any atom is 0.179 e. The van der Waals surface area contributed by atoms with Gasteiger partial charge >= 0.3 is 0 Å². The smallest absolute Gasteiger partial charge is 0.179 e. The lowest BCUT2D eigenvalue weighted by Gasteiger charge is -2.09. The van der Waals surface area contributed by atoms with Gasteiger partial charge in [-0.2, -0.15) is 0 Å². The van der Waals surface area contributed by atoms with Crippen molar-refractivity contribution in [2.75, 3.05) is 5.75 Å². The van der Waals surface area contributed by atoms with E-state index in [4.69, 9.17) is 0 Å². The number of benzene rings is 1. The van der Waals surface area contributed by atoms with Crippen LogP contribution in [-0.2, 0) is 9.84 Å². The fourth-order valence-electron chi connectivity index (χ4n) is 1.37. The van der Waals surface area contributed by atoms with Crippen LogP contribution >= 0.6 is 15.9 Å². The van der Waals surface area contributed by atoms with Crippen LogP contribution in [0.4, 0.5) is 0 Å². The molecule has 0 N–H and O–H groups in total. The van der Waals surface area contributed by atoms with Gasteiger partial charge in [-0.05, 0) is 24.3 Å². The monoisotopic (exact) mass is 286 g/mol. The normalized spacial score (nSPS) is 17.7. The first kappa shape index (κ1) is 10.9. The zero-order valence-electron chi connectivity index (χ0n) is 8.27. The predicted octanol–water partition coefficient (Wildman–Crippen LogP) is 2.80. The average Bonchev–Trinajstić information content (AvgIpc) is 2.82. The summed E-state index contributed by atoms with van der Waals surface area (Å²) >= 11 is 3.28. The molecule has 0 atom stereocenters. The van der Waals surface area contributed by atoms with E-state index in [2.05, 4.69) is 15.9 Å². The van der Waals surface area contributed by atoms with Crippen molar-refractivity contribution in [2.24, 2.45) is 5.41 Å². The third-order valence-corrected chi connectivity index (χ3v) is 4.93. The molecule has 0 radical (unpaired) electrons. The summed E-state index contributed by atoms with van der Waals surface area (Å²) < 4.78 is 24.8. The molecule has 1 aliphatic carbocycles. The van der Waals surface area contributed by atoms with E-state index in [0.29, 0.717) is 4.90 Å². The number of sulfone groups is 1. The molecule has 1 aromatic carbocycles. The van der Waals surface area contributed by atoms with E-state index in [9.17, 15) is 8.42 Å². The van der Waals surface area contributed by atoms with E-state index in [1.807, 2.05) is 19.1 Å². The summed E-state index contributed by atoms with van der Waals surface area (Å²) in [7, 11) is -3.16. The SMILES string of the molecule is CC1(CS(=O)(=O)c2ccc(Br)cc2)C=C1. The summed E-state index contributed by atoms with van der Waals surface area (Å²) in [5.74, 6) is 0.168. The highest BCUT2D eigenvalue weighted by atomic mass is 79.9. The maximum absolute atomic E-state index is 11.9. The molecule has 0 unspecified atom stereocenters. The Balaban J connectivity index is 2.25. The van der Waals surface area contributed by atoms with Gasteiger partial charge in [-0.15, -0.1) is 0 Å². The summed E-state index contributed by atoms with van der Waals surface area (Å²) in [6, 6.07) is 6.75. The molecule has 2 nitrogen and oxygen atoms in total. The Labute approximate surface area is 98.1 Å². The number of halogens is 1. The van der Waals surface area contributed by atoms with E-state index in [1.165, 1.54) is 0 Å². The van der Waals surface area contributed by atoms with Crippen molar-refractivity contribution >= 4 is 25.8 Å². The van der Waals surface area contributed by atoms with E-state index < -0.39 is 9.84 Å². The highest BCUT2D eigenvalue weighted by Crippen LogP contribution is 2.36. The molecule has 0 spiro atoms. The third-order valence-electron chi connectivity index (χ3n) is 2.41. The molecule has 0 saturated heterocycles. The largest absolute Gasteiger partial charge is 0.224 e. The Morgan fingerprint density at radius 3 is 2.20 bits per heavy atom. The number of hydrogen-bond acceptors (Lipinski definition) is 2. The number of hydrogen-bond donors (Lipinski definition) is 0. The van der Waals surface area contributed by atoms with Crippen molar-refractivity contribution in [3.05, 3.63) is 40.9 Å². The highest BCUT2D eigenvalue weighted by molar-refractivity contribution is 9.10. The Hall–Kier alpha value is -0.610. The van der Waals surface area contributed by atoms with Crippen LogP contribution in [0.5, 0.6) is 0 Å². The second kappa shape index (κ2) is 3.46. The lowest BCUT2D eigenvalue weighted by molar-refractivity contribution is 0.580. The van der Waals surface area contributed by atoms with Gasteiger partial charge in [-0.3, -0.25) is 0 Å². The van der Waals surface area contributed by atoms with Crippen LogP contribution in [0.3, 0.4) is 0 Å². The molecule has 0 heterocycles. The van der Waals surface area contributed by atoms with E-state index >= 15 is 0 Å². The van der Waals surface area contributed by atoms with Crippen LogP contribution in [0.15, 0.2) is 45.8 Å². The first-order valence-corrected chi connectivity index (χ1v) is 7.05. The predicted molar refractivity (Wildman–Crippen MR) is 63.4 cm³/mol. The lowest BCUT2D eigenvalue weighted by Crippen LogP contribution is -2.15. The Bertz CT molecular complexity index is 494. The molecule has 80 valence electrons.